The first kappa shape index (κ1) is 40.3. The molecule has 336 valence electrons. The summed E-state index contributed by atoms with van der Waals surface area (Å²) in [5, 5.41) is 7.87. The average Bonchev–Trinajstić information content (AvgIpc) is 3.84. The number of ether oxygens (including phenoxy) is 3. The van der Waals surface area contributed by atoms with E-state index in [1.807, 2.05) is 0 Å². The molecular formula is C64H62O3. The zero-order valence-electron chi connectivity index (χ0n) is 40.3. The predicted molar refractivity (Wildman–Crippen MR) is 276 cm³/mol. The second-order valence-corrected chi connectivity index (χ2v) is 23.1. The third kappa shape index (κ3) is 5.19. The van der Waals surface area contributed by atoms with Crippen LogP contribution in [0.4, 0.5) is 0 Å². The first-order valence-corrected chi connectivity index (χ1v) is 25.7. The van der Waals surface area contributed by atoms with E-state index < -0.39 is 0 Å². The molecule has 6 aliphatic rings. The number of hydrogen-bond donors (Lipinski definition) is 0. The number of rotatable bonds is 4. The lowest BCUT2D eigenvalue weighted by Gasteiger charge is -2.43. The normalized spacial score (nSPS) is 30.2. The predicted octanol–water partition coefficient (Wildman–Crippen LogP) is 17.2. The molecule has 3 saturated carbocycles. The molecule has 0 amide bonds. The van der Waals surface area contributed by atoms with Crippen LogP contribution in [0.2, 0.25) is 0 Å². The van der Waals surface area contributed by atoms with Crippen molar-refractivity contribution in [2.75, 3.05) is 0 Å². The van der Waals surface area contributed by atoms with Crippen LogP contribution in [0.25, 0.3) is 76.8 Å². The zero-order valence-corrected chi connectivity index (χ0v) is 40.3. The highest BCUT2D eigenvalue weighted by atomic mass is 16.5. The van der Waals surface area contributed by atoms with Crippen molar-refractivity contribution in [1.82, 2.24) is 0 Å². The summed E-state index contributed by atoms with van der Waals surface area (Å²) in [5.41, 5.74) is 13.6. The minimum Gasteiger partial charge on any atom is -0.486 e. The van der Waals surface area contributed by atoms with Crippen LogP contribution in [0.5, 0.6) is 17.2 Å². The monoisotopic (exact) mass is 878 g/mol. The maximum atomic E-state index is 6.93. The van der Waals surface area contributed by atoms with Crippen LogP contribution in [0.15, 0.2) is 121 Å². The van der Waals surface area contributed by atoms with Gasteiger partial charge in [-0.3, -0.25) is 0 Å². The molecule has 3 heteroatoms. The van der Waals surface area contributed by atoms with Gasteiger partial charge in [0.25, 0.3) is 0 Å². The largest absolute Gasteiger partial charge is 0.486 e. The van der Waals surface area contributed by atoms with Gasteiger partial charge in [-0.05, 0) is 204 Å². The van der Waals surface area contributed by atoms with Gasteiger partial charge in [0.15, 0.2) is 0 Å². The van der Waals surface area contributed by atoms with E-state index in [-0.39, 0.29) is 33.0 Å². The SMILES string of the molecule is CC12CCCCC1(C)c1cc(-c3cc(-c4ccccc4)c4ccc5c(-c6ccc7c(c6)C6(C)CCCCC6(C)O7)cc(-c6ccc7c(c6)C6(C)CCCCC6(C)O7)c6ccc3c4c56)ccc1O2. The fourth-order valence-corrected chi connectivity index (χ4v) is 15.1. The van der Waals surface area contributed by atoms with E-state index in [9.17, 15) is 0 Å². The highest BCUT2D eigenvalue weighted by molar-refractivity contribution is 6.32. The van der Waals surface area contributed by atoms with Gasteiger partial charge in [-0.1, -0.05) is 113 Å². The van der Waals surface area contributed by atoms with Crippen LogP contribution in [0.1, 0.15) is 135 Å². The molecule has 3 nitrogen and oxygen atoms in total. The lowest BCUT2D eigenvalue weighted by molar-refractivity contribution is 0.00727. The molecule has 0 aromatic heterocycles. The molecule has 0 saturated heterocycles. The lowest BCUT2D eigenvalue weighted by atomic mass is 9.62. The average molecular weight is 879 g/mol. The smallest absolute Gasteiger partial charge is 0.124 e. The molecular weight excluding hydrogens is 817 g/mol. The Labute approximate surface area is 396 Å². The van der Waals surface area contributed by atoms with Crippen molar-refractivity contribution < 1.29 is 14.2 Å². The van der Waals surface area contributed by atoms with E-state index in [1.165, 1.54) is 132 Å². The van der Waals surface area contributed by atoms with Crippen molar-refractivity contribution in [2.45, 2.75) is 152 Å². The van der Waals surface area contributed by atoms with Gasteiger partial charge in [0, 0.05) is 32.9 Å². The van der Waals surface area contributed by atoms with Crippen molar-refractivity contribution in [2.24, 2.45) is 0 Å². The van der Waals surface area contributed by atoms with Gasteiger partial charge < -0.3 is 14.2 Å². The second kappa shape index (κ2) is 13.5. The molecule has 8 aromatic carbocycles. The molecule has 0 spiro atoms. The molecule has 0 N–H and O–H groups in total. The Morgan fingerprint density at radius 1 is 0.313 bits per heavy atom. The maximum Gasteiger partial charge on any atom is 0.124 e. The molecule has 3 heterocycles. The third-order valence-electron chi connectivity index (χ3n) is 19.9. The Hall–Kier alpha value is -5.80. The Kier molecular flexibility index (Phi) is 8.09. The van der Waals surface area contributed by atoms with E-state index in [0.717, 1.165) is 55.8 Å². The highest BCUT2D eigenvalue weighted by Gasteiger charge is 2.57. The van der Waals surface area contributed by atoms with Crippen molar-refractivity contribution in [1.29, 1.82) is 0 Å². The molecule has 3 fully saturated rings. The quantitative estimate of drug-likeness (QED) is 0.165. The summed E-state index contributed by atoms with van der Waals surface area (Å²) in [6.07, 6.45) is 14.1. The van der Waals surface area contributed by atoms with Crippen molar-refractivity contribution in [3.05, 3.63) is 138 Å². The minimum absolute atomic E-state index is 0.0213. The summed E-state index contributed by atoms with van der Waals surface area (Å²) in [7, 11) is 0. The van der Waals surface area contributed by atoms with Gasteiger partial charge in [0.1, 0.15) is 34.1 Å². The Balaban J connectivity index is 1.06. The summed E-state index contributed by atoms with van der Waals surface area (Å²) < 4.78 is 20.8. The molecule has 0 bridgehead atoms. The van der Waals surface area contributed by atoms with E-state index in [0.29, 0.717) is 0 Å². The number of benzene rings is 8. The van der Waals surface area contributed by atoms with Crippen LogP contribution < -0.4 is 14.2 Å². The summed E-state index contributed by atoms with van der Waals surface area (Å²) >= 11 is 0. The first-order chi connectivity index (χ1) is 32.3. The van der Waals surface area contributed by atoms with E-state index >= 15 is 0 Å². The molecule has 14 rings (SSSR count). The zero-order chi connectivity index (χ0) is 45.3. The number of fused-ring (bicyclic) bond motifs is 9. The highest BCUT2D eigenvalue weighted by Crippen LogP contribution is 2.61. The summed E-state index contributed by atoms with van der Waals surface area (Å²) in [4.78, 5) is 0. The van der Waals surface area contributed by atoms with Gasteiger partial charge in [-0.15, -0.1) is 0 Å². The Morgan fingerprint density at radius 2 is 0.627 bits per heavy atom. The van der Waals surface area contributed by atoms with Crippen LogP contribution in [0, 0.1) is 0 Å². The fourth-order valence-electron chi connectivity index (χ4n) is 15.1. The summed E-state index contributed by atoms with van der Waals surface area (Å²) in [5.74, 6) is 3.20. The van der Waals surface area contributed by atoms with Crippen LogP contribution in [-0.2, 0) is 16.2 Å². The van der Waals surface area contributed by atoms with Gasteiger partial charge in [0.2, 0.25) is 0 Å². The van der Waals surface area contributed by atoms with E-state index in [4.69, 9.17) is 14.2 Å². The standard InChI is InChI=1S/C64H62O3/c1-59-28-10-13-31-62(59,4)65-54-25-18-40(34-51(54)59)48-37-47(39-16-8-7-9-17-39)43-21-22-45-49(41-19-26-55-52(35-41)60(2)29-11-14-32-63(60,5)66-55)38-50(46-24-23-44(48)57(43)58(45)46)42-20-27-56-53(36-42)61(3)30-12-15-33-64(61,6)67-56/h7-9,16-27,34-38H,10-15,28-33H2,1-6H3. The van der Waals surface area contributed by atoms with Gasteiger partial charge in [-0.2, -0.15) is 0 Å². The third-order valence-corrected chi connectivity index (χ3v) is 19.9. The molecule has 3 aliphatic carbocycles. The van der Waals surface area contributed by atoms with Crippen LogP contribution in [0.3, 0.4) is 0 Å². The molecule has 8 aromatic rings. The van der Waals surface area contributed by atoms with E-state index in [2.05, 4.69) is 163 Å². The van der Waals surface area contributed by atoms with Gasteiger partial charge in [-0.25, -0.2) is 0 Å². The van der Waals surface area contributed by atoms with E-state index in [1.54, 1.807) is 0 Å². The minimum atomic E-state index is -0.183. The maximum absolute atomic E-state index is 6.93. The van der Waals surface area contributed by atoms with Crippen LogP contribution in [-0.4, -0.2) is 16.8 Å². The summed E-state index contributed by atoms with van der Waals surface area (Å²) in [6, 6.07) is 47.3. The molecule has 0 radical (unpaired) electrons. The Bertz CT molecular complexity index is 3300. The van der Waals surface area contributed by atoms with Gasteiger partial charge >= 0.3 is 0 Å². The second-order valence-electron chi connectivity index (χ2n) is 23.1. The molecule has 6 atom stereocenters. The molecule has 6 unspecified atom stereocenters. The van der Waals surface area contributed by atoms with Crippen LogP contribution >= 0.6 is 0 Å². The lowest BCUT2D eigenvalue weighted by Crippen LogP contribution is -2.49. The fraction of sp³-hybridized carbons (Fsp3) is 0.375. The Morgan fingerprint density at radius 3 is 0.970 bits per heavy atom. The van der Waals surface area contributed by atoms with Gasteiger partial charge in [0.05, 0.1) is 0 Å². The first-order valence-electron chi connectivity index (χ1n) is 25.7. The number of hydrogen-bond acceptors (Lipinski definition) is 3. The van der Waals surface area contributed by atoms with Crippen molar-refractivity contribution >= 4 is 32.3 Å². The molecule has 3 aliphatic heterocycles. The van der Waals surface area contributed by atoms with Crippen molar-refractivity contribution in [3.8, 4) is 61.8 Å². The summed E-state index contributed by atoms with van der Waals surface area (Å²) in [6.45, 7) is 14.5. The molecule has 67 heavy (non-hydrogen) atoms. The topological polar surface area (TPSA) is 27.7 Å². The van der Waals surface area contributed by atoms with Crippen molar-refractivity contribution in [3.63, 3.8) is 0 Å².